The highest BCUT2D eigenvalue weighted by Crippen LogP contribution is 2.33. The predicted octanol–water partition coefficient (Wildman–Crippen LogP) is 7.75. The molecular weight excluding hydrogens is 387 g/mol. The molecule has 0 bridgehead atoms. The Hall–Kier alpha value is -1.17. The van der Waals surface area contributed by atoms with E-state index in [0.717, 1.165) is 11.4 Å². The van der Waals surface area contributed by atoms with Crippen molar-refractivity contribution < 1.29 is 0 Å². The summed E-state index contributed by atoms with van der Waals surface area (Å²) in [7, 11) is 0. The second-order valence-electron chi connectivity index (χ2n) is 5.75. The van der Waals surface area contributed by atoms with Gasteiger partial charge in [-0.1, -0.05) is 50.9 Å². The van der Waals surface area contributed by atoms with Crippen LogP contribution in [0.15, 0.2) is 24.4 Å². The zero-order valence-corrected chi connectivity index (χ0v) is 19.2. The lowest BCUT2D eigenvalue weighted by molar-refractivity contribution is 0.806. The van der Waals surface area contributed by atoms with Crippen molar-refractivity contribution in [2.45, 2.75) is 60.1 Å². The monoisotopic (exact) mass is 416 g/mol. The second-order valence-corrected chi connectivity index (χ2v) is 8.20. The van der Waals surface area contributed by atoms with Crippen LogP contribution in [0.5, 0.6) is 0 Å². The van der Waals surface area contributed by atoms with Crippen molar-refractivity contribution in [2.24, 2.45) is 0 Å². The number of aromatic nitrogens is 2. The smallest absolute Gasteiger partial charge is 0.152 e. The first kappa shape index (κ1) is 24.8. The van der Waals surface area contributed by atoms with E-state index < -0.39 is 0 Å². The van der Waals surface area contributed by atoms with Crippen LogP contribution in [0.3, 0.4) is 0 Å². The Morgan fingerprint density at radius 3 is 2.19 bits per heavy atom. The van der Waals surface area contributed by atoms with Gasteiger partial charge in [-0.05, 0) is 57.8 Å². The summed E-state index contributed by atoms with van der Waals surface area (Å²) in [5.74, 6) is 1.23. The van der Waals surface area contributed by atoms with Gasteiger partial charge in [0.05, 0.1) is 16.9 Å². The molecule has 1 heterocycles. The largest absolute Gasteiger partial charge is 0.339 e. The molecule has 0 saturated heterocycles. The molecule has 0 radical (unpaired) electrons. The Balaban J connectivity index is 0.00000146. The van der Waals surface area contributed by atoms with E-state index in [0.29, 0.717) is 21.7 Å². The number of halogens is 2. The summed E-state index contributed by atoms with van der Waals surface area (Å²) < 4.78 is 3.37. The van der Waals surface area contributed by atoms with Crippen molar-refractivity contribution in [1.29, 1.82) is 0 Å². The molecule has 0 unspecified atom stereocenters. The Labute approximate surface area is 172 Å². The number of rotatable bonds is 4. The van der Waals surface area contributed by atoms with Crippen LogP contribution < -0.4 is 10.0 Å². The third kappa shape index (κ3) is 8.97. The fourth-order valence-electron chi connectivity index (χ4n) is 1.57. The van der Waals surface area contributed by atoms with Gasteiger partial charge in [-0.15, -0.1) is 0 Å². The van der Waals surface area contributed by atoms with Crippen LogP contribution in [0.2, 0.25) is 10.0 Å². The molecule has 2 rings (SSSR count). The number of nitrogens with zero attached hydrogens (tertiary/aromatic N) is 2. The minimum Gasteiger partial charge on any atom is -0.339 e. The lowest BCUT2D eigenvalue weighted by Crippen LogP contribution is -2.10. The van der Waals surface area contributed by atoms with Gasteiger partial charge >= 0.3 is 0 Å². The molecule has 0 saturated carbocycles. The first-order chi connectivity index (χ1) is 12.2. The molecule has 0 spiro atoms. The Morgan fingerprint density at radius 1 is 1.00 bits per heavy atom. The van der Waals surface area contributed by atoms with Gasteiger partial charge < -0.3 is 10.0 Å². The summed E-state index contributed by atoms with van der Waals surface area (Å²) in [5.41, 5.74) is 1.69. The maximum absolute atomic E-state index is 6.23. The predicted molar refractivity (Wildman–Crippen MR) is 120 cm³/mol. The van der Waals surface area contributed by atoms with Gasteiger partial charge in [-0.3, -0.25) is 0 Å². The molecule has 0 aliphatic rings. The van der Waals surface area contributed by atoms with E-state index >= 15 is 0 Å². The van der Waals surface area contributed by atoms with Gasteiger partial charge in [0.2, 0.25) is 0 Å². The summed E-state index contributed by atoms with van der Waals surface area (Å²) in [5, 5.41) is 4.32. The van der Waals surface area contributed by atoms with E-state index in [9.17, 15) is 0 Å². The maximum atomic E-state index is 6.23. The van der Waals surface area contributed by atoms with Crippen LogP contribution in [0, 0.1) is 6.92 Å². The van der Waals surface area contributed by atoms with E-state index in [1.807, 2.05) is 52.8 Å². The molecule has 0 aliphatic carbocycles. The maximum Gasteiger partial charge on any atom is 0.152 e. The zero-order chi connectivity index (χ0) is 20.3. The number of hydrogen-bond donors (Lipinski definition) is 2. The highest BCUT2D eigenvalue weighted by atomic mass is 35.5. The van der Waals surface area contributed by atoms with Gasteiger partial charge in [-0.2, -0.15) is 0 Å². The molecule has 0 atom stereocenters. The summed E-state index contributed by atoms with van der Waals surface area (Å²) in [6.45, 7) is 16.2. The first-order valence-electron chi connectivity index (χ1n) is 8.74. The Bertz CT molecular complexity index is 673. The van der Waals surface area contributed by atoms with Crippen LogP contribution >= 0.6 is 35.1 Å². The molecule has 0 fully saturated rings. The van der Waals surface area contributed by atoms with Crippen molar-refractivity contribution in [3.63, 3.8) is 0 Å². The lowest BCUT2D eigenvalue weighted by Gasteiger charge is -2.19. The fourth-order valence-corrected chi connectivity index (χ4v) is 2.51. The summed E-state index contributed by atoms with van der Waals surface area (Å²) in [6.07, 6.45) is 1.58. The van der Waals surface area contributed by atoms with E-state index in [-0.39, 0.29) is 4.75 Å². The molecule has 1 aromatic carbocycles. The molecular formula is C19H30Cl2N4S. The topological polar surface area (TPSA) is 49.8 Å². The van der Waals surface area contributed by atoms with Crippen molar-refractivity contribution in [1.82, 2.24) is 9.97 Å². The molecule has 4 nitrogen and oxygen atoms in total. The number of benzene rings is 1. The number of nitrogens with one attached hydrogen (secondary N) is 2. The van der Waals surface area contributed by atoms with Gasteiger partial charge in [0.15, 0.2) is 5.82 Å². The highest BCUT2D eigenvalue weighted by molar-refractivity contribution is 8.01. The van der Waals surface area contributed by atoms with Crippen LogP contribution in [-0.2, 0) is 0 Å². The molecule has 2 aromatic rings. The Morgan fingerprint density at radius 2 is 1.62 bits per heavy atom. The van der Waals surface area contributed by atoms with Crippen molar-refractivity contribution in [3.8, 4) is 0 Å². The van der Waals surface area contributed by atoms with Gasteiger partial charge in [-0.25, -0.2) is 9.97 Å². The van der Waals surface area contributed by atoms with Crippen LogP contribution in [-0.4, -0.2) is 14.7 Å². The molecule has 7 heteroatoms. The number of aryl methyl sites for hydroxylation is 1. The molecule has 26 heavy (non-hydrogen) atoms. The van der Waals surface area contributed by atoms with E-state index in [1.165, 1.54) is 0 Å². The van der Waals surface area contributed by atoms with E-state index in [4.69, 9.17) is 23.2 Å². The minimum atomic E-state index is 0.0832. The summed E-state index contributed by atoms with van der Waals surface area (Å²) >= 11 is 13.9. The summed E-state index contributed by atoms with van der Waals surface area (Å²) in [4.78, 5) is 8.34. The normalized spacial score (nSPS) is 10.1. The van der Waals surface area contributed by atoms with Crippen molar-refractivity contribution >= 4 is 52.3 Å². The number of hydrogen-bond acceptors (Lipinski definition) is 5. The van der Waals surface area contributed by atoms with E-state index in [2.05, 4.69) is 40.8 Å². The second kappa shape index (κ2) is 12.3. The third-order valence-corrected chi connectivity index (χ3v) is 4.10. The quantitative estimate of drug-likeness (QED) is 0.498. The van der Waals surface area contributed by atoms with Crippen molar-refractivity contribution in [3.05, 3.63) is 40.3 Å². The zero-order valence-electron chi connectivity index (χ0n) is 16.9. The van der Waals surface area contributed by atoms with Crippen molar-refractivity contribution in [2.75, 3.05) is 10.0 Å². The molecule has 1 aromatic heterocycles. The van der Waals surface area contributed by atoms with Crippen LogP contribution in [0.4, 0.5) is 17.2 Å². The SMILES string of the molecule is CC.CC.Cc1ncc(Cl)c(Nc2ccc(Cl)c(NSC(C)(C)C)c2)n1. The van der Waals surface area contributed by atoms with Crippen LogP contribution in [0.1, 0.15) is 54.3 Å². The van der Waals surface area contributed by atoms with Gasteiger partial charge in [0.1, 0.15) is 10.8 Å². The van der Waals surface area contributed by atoms with Gasteiger partial charge in [0.25, 0.3) is 0 Å². The third-order valence-electron chi connectivity index (χ3n) is 2.56. The molecule has 2 N–H and O–H groups in total. The van der Waals surface area contributed by atoms with Crippen LogP contribution in [0.25, 0.3) is 0 Å². The molecule has 0 amide bonds. The molecule has 0 aliphatic heterocycles. The minimum absolute atomic E-state index is 0.0832. The average Bonchev–Trinajstić information content (AvgIpc) is 2.61. The summed E-state index contributed by atoms with van der Waals surface area (Å²) in [6, 6.07) is 5.63. The fraction of sp³-hybridized carbons (Fsp3) is 0.474. The Kier molecular flexibility index (Phi) is 11.7. The lowest BCUT2D eigenvalue weighted by atomic mass is 10.3. The average molecular weight is 417 g/mol. The van der Waals surface area contributed by atoms with Gasteiger partial charge in [0, 0.05) is 10.4 Å². The first-order valence-corrected chi connectivity index (χ1v) is 10.3. The molecule has 146 valence electrons. The van der Waals surface area contributed by atoms with E-state index in [1.54, 1.807) is 18.1 Å². The highest BCUT2D eigenvalue weighted by Gasteiger charge is 2.12. The standard InChI is InChI=1S/C15H18Cl2N4S.2C2H6/c1-9-18-8-12(17)14(19-9)20-10-5-6-11(16)13(7-10)21-22-15(2,3)4;2*1-2/h5-8,21H,1-4H3,(H,18,19,20);2*1-2H3. The number of anilines is 3.